The van der Waals surface area contributed by atoms with Gasteiger partial charge in [0, 0.05) is 4.83 Å². The zero-order valence-corrected chi connectivity index (χ0v) is 6.23. The molecular formula is C5H8BrNO. The van der Waals surface area contributed by atoms with E-state index in [0.29, 0.717) is 4.83 Å². The maximum atomic E-state index is 10.5. The minimum Gasteiger partial charge on any atom is -0.369 e. The van der Waals surface area contributed by atoms with Gasteiger partial charge in [-0.15, -0.1) is 0 Å². The first-order valence-corrected chi connectivity index (χ1v) is 3.43. The first kappa shape index (κ1) is 6.08. The normalized spacial score (nSPS) is 44.0. The molecule has 2 unspecified atom stereocenters. The SMILES string of the molecule is CC1(C(N)=O)CC1Br. The van der Waals surface area contributed by atoms with Crippen LogP contribution >= 0.6 is 15.9 Å². The standard InChI is InChI=1S/C5H8BrNO/c1-5(4(7)8)2-3(5)6/h3H,2H2,1H3,(H2,7,8). The van der Waals surface area contributed by atoms with Crippen molar-refractivity contribution in [3.63, 3.8) is 0 Å². The fourth-order valence-corrected chi connectivity index (χ4v) is 1.47. The van der Waals surface area contributed by atoms with Gasteiger partial charge in [-0.2, -0.15) is 0 Å². The first-order valence-electron chi connectivity index (χ1n) is 2.51. The van der Waals surface area contributed by atoms with Crippen LogP contribution in [0.4, 0.5) is 0 Å². The van der Waals surface area contributed by atoms with Gasteiger partial charge >= 0.3 is 0 Å². The van der Waals surface area contributed by atoms with Crippen molar-refractivity contribution in [2.75, 3.05) is 0 Å². The molecule has 2 atom stereocenters. The van der Waals surface area contributed by atoms with Gasteiger partial charge in [0.1, 0.15) is 0 Å². The number of rotatable bonds is 1. The molecular weight excluding hydrogens is 170 g/mol. The van der Waals surface area contributed by atoms with E-state index in [1.165, 1.54) is 0 Å². The van der Waals surface area contributed by atoms with Crippen molar-refractivity contribution in [2.24, 2.45) is 11.1 Å². The van der Waals surface area contributed by atoms with Crippen LogP contribution in [0.1, 0.15) is 13.3 Å². The molecule has 1 aliphatic rings. The predicted octanol–water partition coefficient (Wildman–Crippen LogP) is 0.645. The quantitative estimate of drug-likeness (QED) is 0.588. The molecule has 0 heterocycles. The largest absolute Gasteiger partial charge is 0.369 e. The van der Waals surface area contributed by atoms with Gasteiger partial charge in [0.15, 0.2) is 0 Å². The molecule has 2 nitrogen and oxygen atoms in total. The highest BCUT2D eigenvalue weighted by atomic mass is 79.9. The minimum absolute atomic E-state index is 0.195. The molecule has 0 saturated heterocycles. The maximum Gasteiger partial charge on any atom is 0.224 e. The van der Waals surface area contributed by atoms with Crippen LogP contribution in [0, 0.1) is 5.41 Å². The Morgan fingerprint density at radius 2 is 2.38 bits per heavy atom. The van der Waals surface area contributed by atoms with E-state index in [1.54, 1.807) is 0 Å². The Morgan fingerprint density at radius 1 is 2.00 bits per heavy atom. The molecule has 0 aromatic heterocycles. The van der Waals surface area contributed by atoms with E-state index in [1.807, 2.05) is 6.92 Å². The van der Waals surface area contributed by atoms with Crippen LogP contribution in [0.2, 0.25) is 0 Å². The number of amides is 1. The third kappa shape index (κ3) is 0.652. The summed E-state index contributed by atoms with van der Waals surface area (Å²) in [4.78, 5) is 10.8. The molecule has 1 aliphatic carbocycles. The van der Waals surface area contributed by atoms with Crippen LogP contribution < -0.4 is 5.73 Å². The van der Waals surface area contributed by atoms with Crippen molar-refractivity contribution in [1.29, 1.82) is 0 Å². The van der Waals surface area contributed by atoms with E-state index < -0.39 is 0 Å². The van der Waals surface area contributed by atoms with Crippen LogP contribution in [0.25, 0.3) is 0 Å². The summed E-state index contributed by atoms with van der Waals surface area (Å²) in [6.07, 6.45) is 0.891. The van der Waals surface area contributed by atoms with Crippen molar-refractivity contribution in [1.82, 2.24) is 0 Å². The number of carbonyl (C=O) groups excluding carboxylic acids is 1. The van der Waals surface area contributed by atoms with Crippen molar-refractivity contribution in [3.05, 3.63) is 0 Å². The summed E-state index contributed by atoms with van der Waals surface area (Å²) in [5, 5.41) is 0. The number of nitrogens with two attached hydrogens (primary N) is 1. The van der Waals surface area contributed by atoms with E-state index in [2.05, 4.69) is 15.9 Å². The Bertz CT molecular complexity index is 136. The number of alkyl halides is 1. The van der Waals surface area contributed by atoms with E-state index in [9.17, 15) is 4.79 Å². The predicted molar refractivity (Wildman–Crippen MR) is 34.6 cm³/mol. The lowest BCUT2D eigenvalue weighted by Crippen LogP contribution is -2.23. The number of primary amides is 1. The summed E-state index contributed by atoms with van der Waals surface area (Å²) in [6, 6.07) is 0. The Kier molecular flexibility index (Phi) is 1.11. The number of carbonyl (C=O) groups is 1. The molecule has 0 bridgehead atoms. The van der Waals surface area contributed by atoms with Gasteiger partial charge in [0.25, 0.3) is 0 Å². The molecule has 1 amide bonds. The summed E-state index contributed by atoms with van der Waals surface area (Å²) >= 11 is 3.30. The van der Waals surface area contributed by atoms with Crippen LogP contribution in [-0.4, -0.2) is 10.7 Å². The summed E-state index contributed by atoms with van der Waals surface area (Å²) < 4.78 is 0. The van der Waals surface area contributed by atoms with E-state index >= 15 is 0 Å². The Labute approximate surface area is 56.6 Å². The van der Waals surface area contributed by atoms with Gasteiger partial charge in [-0.3, -0.25) is 4.79 Å². The molecule has 1 fully saturated rings. The zero-order chi connectivity index (χ0) is 6.36. The van der Waals surface area contributed by atoms with E-state index in [-0.39, 0.29) is 11.3 Å². The molecule has 3 heteroatoms. The highest BCUT2D eigenvalue weighted by molar-refractivity contribution is 9.09. The Balaban J connectivity index is 2.60. The average molecular weight is 178 g/mol. The molecule has 0 spiro atoms. The van der Waals surface area contributed by atoms with Gasteiger partial charge in [-0.1, -0.05) is 15.9 Å². The summed E-state index contributed by atoms with van der Waals surface area (Å²) in [5.74, 6) is -0.195. The fourth-order valence-electron chi connectivity index (χ4n) is 0.568. The van der Waals surface area contributed by atoms with Crippen molar-refractivity contribution in [3.8, 4) is 0 Å². The van der Waals surface area contributed by atoms with Crippen LogP contribution in [0.15, 0.2) is 0 Å². The molecule has 8 heavy (non-hydrogen) atoms. The maximum absolute atomic E-state index is 10.5. The van der Waals surface area contributed by atoms with Crippen LogP contribution in [-0.2, 0) is 4.79 Å². The van der Waals surface area contributed by atoms with Gasteiger partial charge in [-0.25, -0.2) is 0 Å². The smallest absolute Gasteiger partial charge is 0.224 e. The lowest BCUT2D eigenvalue weighted by molar-refractivity contribution is -0.122. The second kappa shape index (κ2) is 1.47. The van der Waals surface area contributed by atoms with Crippen molar-refractivity contribution >= 4 is 21.8 Å². The fraction of sp³-hybridized carbons (Fsp3) is 0.800. The molecule has 1 rings (SSSR count). The topological polar surface area (TPSA) is 43.1 Å². The van der Waals surface area contributed by atoms with E-state index in [4.69, 9.17) is 5.73 Å². The molecule has 0 aromatic rings. The second-order valence-corrected chi connectivity index (χ2v) is 3.56. The lowest BCUT2D eigenvalue weighted by Gasteiger charge is -1.98. The highest BCUT2D eigenvalue weighted by Gasteiger charge is 2.53. The minimum atomic E-state index is -0.236. The molecule has 0 aromatic carbocycles. The van der Waals surface area contributed by atoms with Crippen molar-refractivity contribution in [2.45, 2.75) is 18.2 Å². The Hall–Kier alpha value is -0.0500. The van der Waals surface area contributed by atoms with Gasteiger partial charge < -0.3 is 5.73 Å². The number of halogens is 1. The van der Waals surface area contributed by atoms with Gasteiger partial charge in [0.2, 0.25) is 5.91 Å². The van der Waals surface area contributed by atoms with Crippen LogP contribution in [0.3, 0.4) is 0 Å². The molecule has 46 valence electrons. The monoisotopic (exact) mass is 177 g/mol. The zero-order valence-electron chi connectivity index (χ0n) is 4.65. The van der Waals surface area contributed by atoms with Gasteiger partial charge in [0.05, 0.1) is 5.41 Å². The molecule has 0 radical (unpaired) electrons. The first-order chi connectivity index (χ1) is 3.57. The average Bonchev–Trinajstić information content (AvgIpc) is 2.17. The molecule has 2 N–H and O–H groups in total. The van der Waals surface area contributed by atoms with Crippen molar-refractivity contribution < 1.29 is 4.79 Å². The van der Waals surface area contributed by atoms with Gasteiger partial charge in [-0.05, 0) is 13.3 Å². The summed E-state index contributed by atoms with van der Waals surface area (Å²) in [6.45, 7) is 1.87. The number of hydrogen-bond donors (Lipinski definition) is 1. The third-order valence-corrected chi connectivity index (χ3v) is 3.03. The highest BCUT2D eigenvalue weighted by Crippen LogP contribution is 2.50. The van der Waals surface area contributed by atoms with E-state index in [0.717, 1.165) is 6.42 Å². The number of hydrogen-bond acceptors (Lipinski definition) is 1. The second-order valence-electron chi connectivity index (χ2n) is 2.45. The summed E-state index contributed by atoms with van der Waals surface area (Å²) in [7, 11) is 0. The lowest BCUT2D eigenvalue weighted by atomic mass is 10.1. The summed E-state index contributed by atoms with van der Waals surface area (Å²) in [5.41, 5.74) is 4.82. The Morgan fingerprint density at radius 3 is 2.38 bits per heavy atom. The third-order valence-electron chi connectivity index (χ3n) is 1.70. The van der Waals surface area contributed by atoms with Crippen LogP contribution in [0.5, 0.6) is 0 Å². The molecule has 0 aliphatic heterocycles. The molecule has 1 saturated carbocycles.